The summed E-state index contributed by atoms with van der Waals surface area (Å²) in [5, 5.41) is 0.898. The number of nitrogens with zero attached hydrogens (tertiary/aromatic N) is 2. The number of likely N-dealkylation sites (N-methyl/N-ethyl adjacent to an activating group) is 1. The van der Waals surface area contributed by atoms with Gasteiger partial charge in [-0.1, -0.05) is 55.5 Å². The van der Waals surface area contributed by atoms with Crippen molar-refractivity contribution in [2.75, 3.05) is 17.7 Å². The fourth-order valence-corrected chi connectivity index (χ4v) is 3.76. The summed E-state index contributed by atoms with van der Waals surface area (Å²) in [5.74, 6) is 0.209. The van der Waals surface area contributed by atoms with E-state index < -0.39 is 17.2 Å². The van der Waals surface area contributed by atoms with Crippen LogP contribution in [0.25, 0.3) is 17.0 Å². The fourth-order valence-electron chi connectivity index (χ4n) is 3.76. The van der Waals surface area contributed by atoms with Crippen LogP contribution >= 0.6 is 0 Å². The molecule has 4 rings (SSSR count). The number of aromatic amines is 1. The predicted molar refractivity (Wildman–Crippen MR) is 129 cm³/mol. The van der Waals surface area contributed by atoms with Gasteiger partial charge in [-0.3, -0.25) is 19.1 Å². The van der Waals surface area contributed by atoms with Crippen molar-refractivity contribution in [2.45, 2.75) is 19.9 Å². The van der Waals surface area contributed by atoms with Crippen LogP contribution in [-0.4, -0.2) is 22.5 Å². The van der Waals surface area contributed by atoms with Gasteiger partial charge in [0.05, 0.1) is 6.54 Å². The van der Waals surface area contributed by atoms with E-state index in [4.69, 9.17) is 10.2 Å². The van der Waals surface area contributed by atoms with Crippen LogP contribution in [0, 0.1) is 0 Å². The second-order valence-corrected chi connectivity index (χ2v) is 7.58. The molecule has 4 aromatic rings. The van der Waals surface area contributed by atoms with Crippen LogP contribution in [0.4, 0.5) is 11.5 Å². The van der Waals surface area contributed by atoms with Crippen molar-refractivity contribution in [3.63, 3.8) is 0 Å². The number of rotatable bonds is 6. The molecule has 0 aliphatic carbocycles. The number of nitrogens with one attached hydrogen (secondary N) is 1. The Balaban J connectivity index is 1.68. The van der Waals surface area contributed by atoms with Gasteiger partial charge in [-0.15, -0.1) is 0 Å². The van der Waals surface area contributed by atoms with Gasteiger partial charge >= 0.3 is 5.69 Å². The van der Waals surface area contributed by atoms with E-state index in [0.717, 1.165) is 32.8 Å². The van der Waals surface area contributed by atoms with Gasteiger partial charge in [0.2, 0.25) is 0 Å². The lowest BCUT2D eigenvalue weighted by atomic mass is 10.1. The normalized spacial score (nSPS) is 11.3. The number of aryl methyl sites for hydroxylation is 1. The third-order valence-electron chi connectivity index (χ3n) is 5.49. The molecule has 0 saturated carbocycles. The molecule has 0 bridgehead atoms. The molecule has 0 atom stereocenters. The summed E-state index contributed by atoms with van der Waals surface area (Å²) in [7, 11) is 1.44. The van der Waals surface area contributed by atoms with Gasteiger partial charge in [0.15, 0.2) is 5.69 Å². The Bertz CT molecular complexity index is 1460. The molecule has 0 aliphatic rings. The Morgan fingerprint density at radius 2 is 1.82 bits per heavy atom. The number of carbonyl (C=O) groups is 1. The summed E-state index contributed by atoms with van der Waals surface area (Å²) in [4.78, 5) is 41.3. The predicted octanol–water partition coefficient (Wildman–Crippen LogP) is 3.15. The van der Waals surface area contributed by atoms with Crippen LogP contribution < -0.4 is 21.9 Å². The number of hydrogen-bond donors (Lipinski definition) is 2. The number of anilines is 2. The molecule has 2 heterocycles. The van der Waals surface area contributed by atoms with Gasteiger partial charge in [-0.2, -0.15) is 0 Å². The topological polar surface area (TPSA) is 114 Å². The van der Waals surface area contributed by atoms with Crippen LogP contribution in [-0.2, 0) is 17.8 Å². The monoisotopic (exact) mass is 444 g/mol. The summed E-state index contributed by atoms with van der Waals surface area (Å²) in [6.07, 6.45) is 3.70. The maximum Gasteiger partial charge on any atom is 0.330 e. The highest BCUT2D eigenvalue weighted by Crippen LogP contribution is 2.27. The van der Waals surface area contributed by atoms with E-state index in [9.17, 15) is 14.4 Å². The molecule has 0 unspecified atom stereocenters. The third-order valence-corrected chi connectivity index (χ3v) is 5.49. The zero-order valence-electron chi connectivity index (χ0n) is 18.4. The Labute approximate surface area is 189 Å². The highest BCUT2D eigenvalue weighted by molar-refractivity contribution is 6.05. The van der Waals surface area contributed by atoms with Crippen molar-refractivity contribution in [1.29, 1.82) is 0 Å². The number of H-pyrrole nitrogens is 1. The molecule has 1 amide bonds. The average Bonchev–Trinajstić information content (AvgIpc) is 3.18. The van der Waals surface area contributed by atoms with Crippen molar-refractivity contribution in [2.24, 2.45) is 0 Å². The molecule has 8 nitrogen and oxygen atoms in total. The lowest BCUT2D eigenvalue weighted by Gasteiger charge is -2.19. The average molecular weight is 444 g/mol. The molecule has 0 saturated heterocycles. The number of nitrogen functional groups attached to an aromatic ring is 1. The van der Waals surface area contributed by atoms with Crippen LogP contribution in [0.2, 0.25) is 0 Å². The molecule has 0 aliphatic heterocycles. The number of para-hydroxylation sites is 1. The maximum absolute atomic E-state index is 12.9. The van der Waals surface area contributed by atoms with E-state index >= 15 is 0 Å². The minimum Gasteiger partial charge on any atom is -0.460 e. The van der Waals surface area contributed by atoms with E-state index in [1.165, 1.54) is 17.7 Å². The first-order chi connectivity index (χ1) is 15.9. The fraction of sp³-hybridized carbons (Fsp3) is 0.160. The molecular formula is C25H24N4O4. The Morgan fingerprint density at radius 1 is 1.12 bits per heavy atom. The molecule has 2 aromatic heterocycles. The lowest BCUT2D eigenvalue weighted by Crippen LogP contribution is -2.39. The molecule has 168 valence electrons. The summed E-state index contributed by atoms with van der Waals surface area (Å²) in [6.45, 7) is 2.13. The van der Waals surface area contributed by atoms with E-state index in [-0.39, 0.29) is 18.1 Å². The Morgan fingerprint density at radius 3 is 2.55 bits per heavy atom. The van der Waals surface area contributed by atoms with Gasteiger partial charge < -0.3 is 15.1 Å². The van der Waals surface area contributed by atoms with Crippen LogP contribution in [0.1, 0.15) is 23.8 Å². The summed E-state index contributed by atoms with van der Waals surface area (Å²) < 4.78 is 7.09. The number of amides is 1. The number of furan rings is 1. The first kappa shape index (κ1) is 21.9. The molecule has 33 heavy (non-hydrogen) atoms. The van der Waals surface area contributed by atoms with E-state index in [2.05, 4.69) is 4.98 Å². The molecule has 0 spiro atoms. The highest BCUT2D eigenvalue weighted by atomic mass is 16.3. The standard InChI is InChI=1S/C25H24N4O4/c1-3-19-18(17-11-7-8-12-20(17)33-19)13-14-21(30)28(2)22-23(26)29(25(32)27-24(22)31)15-16-9-5-4-6-10-16/h4-14H,3,15,26H2,1-2H3,(H,27,31,32)/b14-13+. The van der Waals surface area contributed by atoms with Gasteiger partial charge in [-0.05, 0) is 17.7 Å². The summed E-state index contributed by atoms with van der Waals surface area (Å²) in [6, 6.07) is 16.8. The Hall–Kier alpha value is -4.33. The van der Waals surface area contributed by atoms with E-state index in [1.807, 2.05) is 61.5 Å². The van der Waals surface area contributed by atoms with Crippen LogP contribution in [0.3, 0.4) is 0 Å². The van der Waals surface area contributed by atoms with Crippen molar-refractivity contribution >= 4 is 34.5 Å². The lowest BCUT2D eigenvalue weighted by molar-refractivity contribution is -0.113. The largest absolute Gasteiger partial charge is 0.460 e. The van der Waals surface area contributed by atoms with E-state index in [0.29, 0.717) is 6.42 Å². The van der Waals surface area contributed by atoms with Gasteiger partial charge in [0.1, 0.15) is 17.2 Å². The quantitative estimate of drug-likeness (QED) is 0.444. The zero-order valence-corrected chi connectivity index (χ0v) is 18.4. The SMILES string of the molecule is CCc1oc2ccccc2c1/C=C/C(=O)N(C)c1c(N)n(Cc2ccccc2)c(=O)[nH]c1=O. The molecule has 0 radical (unpaired) electrons. The second-order valence-electron chi connectivity index (χ2n) is 7.58. The van der Waals surface area contributed by atoms with Crippen LogP contribution in [0.5, 0.6) is 0 Å². The molecule has 3 N–H and O–H groups in total. The minimum absolute atomic E-state index is 0.0835. The second kappa shape index (κ2) is 9.04. The van der Waals surface area contributed by atoms with Crippen molar-refractivity contribution in [3.8, 4) is 0 Å². The molecular weight excluding hydrogens is 420 g/mol. The number of hydrogen-bond acceptors (Lipinski definition) is 5. The van der Waals surface area contributed by atoms with E-state index in [1.54, 1.807) is 6.08 Å². The number of carbonyl (C=O) groups excluding carboxylic acids is 1. The third kappa shape index (κ3) is 4.23. The molecule has 8 heteroatoms. The number of benzene rings is 2. The summed E-state index contributed by atoms with van der Waals surface area (Å²) in [5.41, 5.74) is 7.12. The van der Waals surface area contributed by atoms with Crippen molar-refractivity contribution in [1.82, 2.24) is 9.55 Å². The van der Waals surface area contributed by atoms with Crippen molar-refractivity contribution in [3.05, 3.63) is 98.4 Å². The first-order valence-electron chi connectivity index (χ1n) is 10.5. The number of nitrogens with two attached hydrogens (primary N) is 1. The minimum atomic E-state index is -0.728. The van der Waals surface area contributed by atoms with Gasteiger partial charge in [0, 0.05) is 30.5 Å². The molecule has 2 aromatic carbocycles. The summed E-state index contributed by atoms with van der Waals surface area (Å²) >= 11 is 0. The smallest absolute Gasteiger partial charge is 0.330 e. The van der Waals surface area contributed by atoms with Gasteiger partial charge in [0.25, 0.3) is 11.5 Å². The molecule has 0 fully saturated rings. The van der Waals surface area contributed by atoms with Crippen molar-refractivity contribution < 1.29 is 9.21 Å². The Kier molecular flexibility index (Phi) is 5.99. The zero-order chi connectivity index (χ0) is 23.5. The van der Waals surface area contributed by atoms with Crippen LogP contribution in [0.15, 0.2) is 74.7 Å². The highest BCUT2D eigenvalue weighted by Gasteiger charge is 2.20. The first-order valence-corrected chi connectivity index (χ1v) is 10.5. The number of aromatic nitrogens is 2. The maximum atomic E-state index is 12.9. The van der Waals surface area contributed by atoms with Gasteiger partial charge in [-0.25, -0.2) is 4.79 Å². The number of fused-ring (bicyclic) bond motifs is 1.